The van der Waals surface area contributed by atoms with Crippen LogP contribution in [0.3, 0.4) is 0 Å². The van der Waals surface area contributed by atoms with Crippen molar-refractivity contribution in [2.24, 2.45) is 23.7 Å². The Kier molecular flexibility index (Phi) is 22.8. The Bertz CT molecular complexity index is 3100. The van der Waals surface area contributed by atoms with Gasteiger partial charge in [-0.05, 0) is 181 Å². The fraction of sp³-hybridized carbons (Fsp3) is 0.413. The van der Waals surface area contributed by atoms with E-state index in [4.69, 9.17) is 42.9 Å². The molecule has 81 heavy (non-hydrogen) atoms. The van der Waals surface area contributed by atoms with Gasteiger partial charge in [-0.15, -0.1) is 22.7 Å². The van der Waals surface area contributed by atoms with Gasteiger partial charge in [0.1, 0.15) is 38.2 Å². The van der Waals surface area contributed by atoms with E-state index < -0.39 is 35.7 Å². The number of aromatic nitrogens is 1. The number of ether oxygens (including phenoxy) is 8. The minimum Gasteiger partial charge on any atom is -0.494 e. The zero-order valence-corrected chi connectivity index (χ0v) is 48.1. The Morgan fingerprint density at radius 2 is 0.988 bits per heavy atom. The van der Waals surface area contributed by atoms with E-state index in [2.05, 4.69) is 13.2 Å². The standard InChI is InChI=1S/C63H69NO14S3/c1-4-53(65)73-36-12-8-6-10-34-71-46-25-29-48(30-26-46)75-60(67)42-17-21-44(22-18-42)62(69)77-56-51-39-41(40-79-3)16-33-50(51)57(58-55(56)64-59(81-58)52-15-14-38-80-52)78-63(70)45-23-19-43(20-24-45)61(68)76-49-31-27-47(28-32-49)72-35-11-7-9-13-37-74-54(66)5-2/h4-5,14-16,25-33,38-39,42-45H,1-2,6-13,17-24,34-37,40H2,3H3. The summed E-state index contributed by atoms with van der Waals surface area (Å²) in [6, 6.07) is 23.7. The summed E-state index contributed by atoms with van der Waals surface area (Å²) in [6.45, 7) is 8.60. The van der Waals surface area contributed by atoms with Crippen molar-refractivity contribution in [1.82, 2.24) is 4.98 Å². The Balaban J connectivity index is 0.857. The summed E-state index contributed by atoms with van der Waals surface area (Å²) < 4.78 is 46.8. The lowest BCUT2D eigenvalue weighted by molar-refractivity contribution is -0.145. The van der Waals surface area contributed by atoms with Crippen molar-refractivity contribution >= 4 is 91.2 Å². The first-order chi connectivity index (χ1) is 39.5. The third-order valence-electron chi connectivity index (χ3n) is 14.4. The Labute approximate surface area is 484 Å². The molecule has 6 aromatic rings. The van der Waals surface area contributed by atoms with Gasteiger partial charge in [-0.3, -0.25) is 19.2 Å². The number of fused-ring (bicyclic) bond motifs is 2. The topological polar surface area (TPSA) is 189 Å². The molecule has 2 aromatic heterocycles. The Morgan fingerprint density at radius 1 is 0.543 bits per heavy atom. The largest absolute Gasteiger partial charge is 0.494 e. The summed E-state index contributed by atoms with van der Waals surface area (Å²) in [5, 5.41) is 3.88. The minimum absolute atomic E-state index is 0.305. The maximum atomic E-state index is 14.3. The van der Waals surface area contributed by atoms with Gasteiger partial charge in [0.2, 0.25) is 0 Å². The number of benzene rings is 4. The number of hydrogen-bond donors (Lipinski definition) is 0. The predicted molar refractivity (Wildman–Crippen MR) is 314 cm³/mol. The van der Waals surface area contributed by atoms with Crippen LogP contribution in [0.4, 0.5) is 0 Å². The minimum atomic E-state index is -0.470. The molecule has 0 bridgehead atoms. The van der Waals surface area contributed by atoms with Crippen molar-refractivity contribution in [3.05, 3.63) is 115 Å². The Hall–Kier alpha value is -7.02. The average molecular weight is 1160 g/mol. The molecule has 0 amide bonds. The lowest BCUT2D eigenvalue weighted by atomic mass is 9.82. The van der Waals surface area contributed by atoms with E-state index in [1.165, 1.54) is 22.7 Å². The van der Waals surface area contributed by atoms with Gasteiger partial charge in [-0.2, -0.15) is 11.8 Å². The fourth-order valence-electron chi connectivity index (χ4n) is 9.88. The third-order valence-corrected chi connectivity index (χ3v) is 17.1. The summed E-state index contributed by atoms with van der Waals surface area (Å²) in [5.74, 6) is -0.506. The van der Waals surface area contributed by atoms with Crippen LogP contribution in [0.15, 0.2) is 110 Å². The molecule has 8 rings (SSSR count). The highest BCUT2D eigenvalue weighted by Crippen LogP contribution is 2.49. The van der Waals surface area contributed by atoms with Gasteiger partial charge >= 0.3 is 35.8 Å². The van der Waals surface area contributed by atoms with Crippen LogP contribution in [-0.4, -0.2) is 73.5 Å². The van der Waals surface area contributed by atoms with E-state index in [1.807, 2.05) is 42.0 Å². The number of unbranched alkanes of at least 4 members (excludes halogenated alkanes) is 6. The van der Waals surface area contributed by atoms with Crippen molar-refractivity contribution in [3.8, 4) is 44.4 Å². The summed E-state index contributed by atoms with van der Waals surface area (Å²) in [7, 11) is 0. The van der Waals surface area contributed by atoms with Crippen molar-refractivity contribution < 1.29 is 66.7 Å². The van der Waals surface area contributed by atoms with E-state index >= 15 is 0 Å². The molecule has 2 aliphatic carbocycles. The lowest BCUT2D eigenvalue weighted by Crippen LogP contribution is -2.30. The van der Waals surface area contributed by atoms with Crippen LogP contribution in [0.5, 0.6) is 34.5 Å². The van der Waals surface area contributed by atoms with Gasteiger partial charge in [0, 0.05) is 28.7 Å². The molecule has 0 unspecified atom stereocenters. The summed E-state index contributed by atoms with van der Waals surface area (Å²) >= 11 is 4.56. The molecule has 18 heteroatoms. The maximum Gasteiger partial charge on any atom is 0.330 e. The highest BCUT2D eigenvalue weighted by atomic mass is 32.2. The zero-order chi connectivity index (χ0) is 56.9. The van der Waals surface area contributed by atoms with Gasteiger partial charge in [0.05, 0.1) is 55.0 Å². The molecule has 4 aromatic carbocycles. The molecule has 0 spiro atoms. The number of thiophene rings is 1. The van der Waals surface area contributed by atoms with Gasteiger partial charge in [-0.1, -0.05) is 31.4 Å². The smallest absolute Gasteiger partial charge is 0.330 e. The van der Waals surface area contributed by atoms with Crippen LogP contribution in [0.25, 0.3) is 30.9 Å². The van der Waals surface area contributed by atoms with Crippen molar-refractivity contribution in [3.63, 3.8) is 0 Å². The first-order valence-corrected chi connectivity index (χ1v) is 30.9. The number of esters is 6. The predicted octanol–water partition coefficient (Wildman–Crippen LogP) is 14.0. The van der Waals surface area contributed by atoms with E-state index in [0.29, 0.717) is 144 Å². The van der Waals surface area contributed by atoms with Crippen LogP contribution in [-0.2, 0) is 44.0 Å². The third kappa shape index (κ3) is 17.3. The molecule has 2 aliphatic rings. The first kappa shape index (κ1) is 60.1. The van der Waals surface area contributed by atoms with Crippen LogP contribution in [0, 0.1) is 23.7 Å². The molecule has 0 atom stereocenters. The van der Waals surface area contributed by atoms with Gasteiger partial charge < -0.3 is 37.9 Å². The molecule has 0 aliphatic heterocycles. The van der Waals surface area contributed by atoms with Crippen LogP contribution in [0.1, 0.15) is 108 Å². The Morgan fingerprint density at radius 3 is 1.43 bits per heavy atom. The molecule has 0 radical (unpaired) electrons. The summed E-state index contributed by atoms with van der Waals surface area (Å²) in [4.78, 5) is 83.7. The second kappa shape index (κ2) is 30.7. The molecule has 0 N–H and O–H groups in total. The highest BCUT2D eigenvalue weighted by Gasteiger charge is 2.36. The van der Waals surface area contributed by atoms with Crippen molar-refractivity contribution in [1.29, 1.82) is 0 Å². The molecular formula is C63H69NO14S3. The van der Waals surface area contributed by atoms with Gasteiger partial charge in [-0.25, -0.2) is 14.6 Å². The molecule has 2 fully saturated rings. The number of thiazole rings is 1. The highest BCUT2D eigenvalue weighted by molar-refractivity contribution is 7.97. The molecule has 15 nitrogen and oxygen atoms in total. The second-order valence-electron chi connectivity index (χ2n) is 20.1. The van der Waals surface area contributed by atoms with Crippen LogP contribution < -0.4 is 28.4 Å². The van der Waals surface area contributed by atoms with Gasteiger partial charge in [0.15, 0.2) is 11.5 Å². The molecule has 0 saturated heterocycles. The normalized spacial score (nSPS) is 16.9. The zero-order valence-electron chi connectivity index (χ0n) is 45.7. The first-order valence-electron chi connectivity index (χ1n) is 27.8. The second-order valence-corrected chi connectivity index (χ2v) is 23.0. The fourth-order valence-corrected chi connectivity index (χ4v) is 12.3. The lowest BCUT2D eigenvalue weighted by Gasteiger charge is -2.26. The molecule has 2 heterocycles. The number of hydrogen-bond acceptors (Lipinski definition) is 18. The van der Waals surface area contributed by atoms with Crippen LogP contribution >= 0.6 is 34.4 Å². The van der Waals surface area contributed by atoms with Crippen molar-refractivity contribution in [2.45, 2.75) is 108 Å². The number of nitrogens with zero attached hydrogens (tertiary/aromatic N) is 1. The molecule has 2 saturated carbocycles. The summed E-state index contributed by atoms with van der Waals surface area (Å²) in [5.41, 5.74) is 1.42. The van der Waals surface area contributed by atoms with Crippen LogP contribution in [0.2, 0.25) is 0 Å². The van der Waals surface area contributed by atoms with E-state index in [1.54, 1.807) is 60.3 Å². The summed E-state index contributed by atoms with van der Waals surface area (Å²) in [6.07, 6.45) is 14.9. The SMILES string of the molecule is C=CC(=O)OCCCCCCOc1ccc(OC(=O)C2CCC(C(=O)Oc3c4cc(CSC)ccc4c(OC(=O)C4CCC(C(=O)Oc5ccc(OCCCCCCOC(=O)C=C)cc5)CC4)c4sc(-c5cccs5)nc34)CC2)cc1. The van der Waals surface area contributed by atoms with E-state index in [0.717, 1.165) is 74.0 Å². The monoisotopic (exact) mass is 1160 g/mol. The van der Waals surface area contributed by atoms with E-state index in [-0.39, 0.29) is 23.8 Å². The molecule has 428 valence electrons. The molecular weight excluding hydrogens is 1090 g/mol. The quantitative estimate of drug-likeness (QED) is 0.0186. The van der Waals surface area contributed by atoms with Crippen molar-refractivity contribution in [2.75, 3.05) is 32.7 Å². The van der Waals surface area contributed by atoms with Gasteiger partial charge in [0.25, 0.3) is 0 Å². The maximum absolute atomic E-state index is 14.3. The number of carbonyl (C=O) groups excluding carboxylic acids is 6. The number of rotatable bonds is 29. The number of thioether (sulfide) groups is 1. The number of carbonyl (C=O) groups is 6. The average Bonchev–Trinajstić information content (AvgIpc) is 4.26. The van der Waals surface area contributed by atoms with E-state index in [9.17, 15) is 28.8 Å².